The van der Waals surface area contributed by atoms with Gasteiger partial charge in [0.1, 0.15) is 10.6 Å². The van der Waals surface area contributed by atoms with Gasteiger partial charge in [-0.25, -0.2) is 9.78 Å². The molecular weight excluding hydrogens is 344 g/mol. The Kier molecular flexibility index (Phi) is 4.41. The number of carbonyl (C=O) groups excluding carboxylic acids is 1. The van der Waals surface area contributed by atoms with Gasteiger partial charge < -0.3 is 9.64 Å². The quantitative estimate of drug-likeness (QED) is 0.745. The Morgan fingerprint density at radius 1 is 1.27 bits per heavy atom. The highest BCUT2D eigenvalue weighted by atomic mass is 32.1. The first-order chi connectivity index (χ1) is 12.6. The highest BCUT2D eigenvalue weighted by molar-refractivity contribution is 7.19. The number of rotatable bonds is 4. The molecule has 1 unspecified atom stereocenters. The molecule has 4 rings (SSSR count). The SMILES string of the molecule is CCN(CC)C1=CC=CC2(CC=C(c3nc4ccccc4s3)C(=O)O2)C1. The molecule has 0 fully saturated rings. The van der Waals surface area contributed by atoms with Crippen molar-refractivity contribution in [2.24, 2.45) is 0 Å². The summed E-state index contributed by atoms with van der Waals surface area (Å²) in [6.45, 7) is 6.20. The molecule has 1 aliphatic heterocycles. The number of carbonyl (C=O) groups is 1. The van der Waals surface area contributed by atoms with E-state index in [0.29, 0.717) is 12.0 Å². The summed E-state index contributed by atoms with van der Waals surface area (Å²) < 4.78 is 7.04. The van der Waals surface area contributed by atoms with Gasteiger partial charge in [0.05, 0.1) is 15.8 Å². The summed E-state index contributed by atoms with van der Waals surface area (Å²) >= 11 is 1.54. The monoisotopic (exact) mass is 366 g/mol. The van der Waals surface area contributed by atoms with Gasteiger partial charge in [-0.3, -0.25) is 0 Å². The first kappa shape index (κ1) is 17.0. The maximum atomic E-state index is 12.8. The van der Waals surface area contributed by atoms with Crippen LogP contribution in [0.1, 0.15) is 31.7 Å². The van der Waals surface area contributed by atoms with E-state index in [1.54, 1.807) is 0 Å². The van der Waals surface area contributed by atoms with E-state index < -0.39 is 5.60 Å². The van der Waals surface area contributed by atoms with Crippen LogP contribution in [0.4, 0.5) is 0 Å². The summed E-state index contributed by atoms with van der Waals surface area (Å²) in [5, 5.41) is 0.741. The molecule has 1 atom stereocenters. The Morgan fingerprint density at radius 2 is 2.08 bits per heavy atom. The van der Waals surface area contributed by atoms with E-state index in [4.69, 9.17) is 4.74 Å². The Labute approximate surface area is 157 Å². The second kappa shape index (κ2) is 6.72. The third-order valence-electron chi connectivity index (χ3n) is 5.03. The van der Waals surface area contributed by atoms with Gasteiger partial charge in [0.25, 0.3) is 0 Å². The van der Waals surface area contributed by atoms with Gasteiger partial charge in [0.15, 0.2) is 0 Å². The standard InChI is InChI=1S/C21H22N2O2S/c1-3-23(4-2)15-8-7-12-21(14-15)13-11-16(20(24)25-21)19-22-17-9-5-6-10-18(17)26-19/h5-12H,3-4,13-14H2,1-2H3. The first-order valence-electron chi connectivity index (χ1n) is 9.07. The van der Waals surface area contributed by atoms with Crippen molar-refractivity contribution in [3.8, 4) is 0 Å². The molecule has 134 valence electrons. The number of thiazole rings is 1. The topological polar surface area (TPSA) is 42.4 Å². The highest BCUT2D eigenvalue weighted by Crippen LogP contribution is 2.39. The predicted molar refractivity (Wildman–Crippen MR) is 106 cm³/mol. The van der Waals surface area contributed by atoms with Crippen molar-refractivity contribution >= 4 is 33.1 Å². The molecule has 1 spiro atoms. The lowest BCUT2D eigenvalue weighted by Gasteiger charge is -2.38. The molecule has 1 aliphatic carbocycles. The summed E-state index contributed by atoms with van der Waals surface area (Å²) in [5.41, 5.74) is 2.17. The number of hydrogen-bond acceptors (Lipinski definition) is 5. The summed E-state index contributed by atoms with van der Waals surface area (Å²) in [6.07, 6.45) is 9.56. The van der Waals surface area contributed by atoms with E-state index in [-0.39, 0.29) is 5.97 Å². The van der Waals surface area contributed by atoms with Crippen LogP contribution in [-0.2, 0) is 9.53 Å². The average Bonchev–Trinajstić information content (AvgIpc) is 3.06. The van der Waals surface area contributed by atoms with E-state index in [0.717, 1.165) is 34.7 Å². The minimum atomic E-state index is -0.566. The molecular formula is C21H22N2O2S. The lowest BCUT2D eigenvalue weighted by Crippen LogP contribution is -2.40. The maximum Gasteiger partial charge on any atom is 0.341 e. The minimum absolute atomic E-state index is 0.277. The van der Waals surface area contributed by atoms with Crippen LogP contribution in [0.2, 0.25) is 0 Å². The lowest BCUT2D eigenvalue weighted by molar-refractivity contribution is -0.149. The van der Waals surface area contributed by atoms with E-state index in [2.05, 4.69) is 29.8 Å². The molecule has 2 aromatic rings. The average molecular weight is 366 g/mol. The molecule has 0 radical (unpaired) electrons. The Hall–Kier alpha value is -2.40. The van der Waals surface area contributed by atoms with Crippen LogP contribution in [0.5, 0.6) is 0 Å². The molecule has 0 saturated carbocycles. The van der Waals surface area contributed by atoms with Gasteiger partial charge in [0.2, 0.25) is 0 Å². The number of para-hydroxylation sites is 1. The fourth-order valence-corrected chi connectivity index (χ4v) is 4.61. The number of aromatic nitrogens is 1. The summed E-state index contributed by atoms with van der Waals surface area (Å²) in [6, 6.07) is 7.94. The summed E-state index contributed by atoms with van der Waals surface area (Å²) in [5.74, 6) is -0.277. The van der Waals surface area contributed by atoms with Crippen molar-refractivity contribution < 1.29 is 9.53 Å². The summed E-state index contributed by atoms with van der Waals surface area (Å²) in [4.78, 5) is 19.7. The van der Waals surface area contributed by atoms with Crippen LogP contribution in [0.3, 0.4) is 0 Å². The van der Waals surface area contributed by atoms with E-state index in [9.17, 15) is 4.79 Å². The Bertz CT molecular complexity index is 903. The van der Waals surface area contributed by atoms with Gasteiger partial charge in [-0.1, -0.05) is 24.3 Å². The second-order valence-electron chi connectivity index (χ2n) is 6.63. The van der Waals surface area contributed by atoms with Crippen molar-refractivity contribution in [3.05, 3.63) is 59.3 Å². The molecule has 2 heterocycles. The molecule has 0 bridgehead atoms. The van der Waals surface area contributed by atoms with Crippen molar-refractivity contribution in [2.45, 2.75) is 32.3 Å². The number of fused-ring (bicyclic) bond motifs is 1. The van der Waals surface area contributed by atoms with Gasteiger partial charge in [-0.15, -0.1) is 11.3 Å². The normalized spacial score (nSPS) is 22.3. The first-order valence-corrected chi connectivity index (χ1v) is 9.88. The largest absolute Gasteiger partial charge is 0.450 e. The van der Waals surface area contributed by atoms with Crippen LogP contribution in [-0.4, -0.2) is 34.5 Å². The molecule has 0 saturated heterocycles. The zero-order valence-corrected chi connectivity index (χ0v) is 15.9. The molecule has 2 aliphatic rings. The van der Waals surface area contributed by atoms with Crippen LogP contribution >= 0.6 is 11.3 Å². The van der Waals surface area contributed by atoms with Crippen molar-refractivity contribution in [1.82, 2.24) is 9.88 Å². The van der Waals surface area contributed by atoms with Gasteiger partial charge in [0, 0.05) is 31.6 Å². The smallest absolute Gasteiger partial charge is 0.341 e. The molecule has 0 N–H and O–H groups in total. The molecule has 1 aromatic carbocycles. The second-order valence-corrected chi connectivity index (χ2v) is 7.66. The van der Waals surface area contributed by atoms with Crippen molar-refractivity contribution in [3.63, 3.8) is 0 Å². The summed E-state index contributed by atoms with van der Waals surface area (Å²) in [7, 11) is 0. The minimum Gasteiger partial charge on any atom is -0.450 e. The predicted octanol–water partition coefficient (Wildman–Crippen LogP) is 4.55. The zero-order valence-electron chi connectivity index (χ0n) is 15.1. The van der Waals surface area contributed by atoms with Crippen molar-refractivity contribution in [2.75, 3.05) is 13.1 Å². The fourth-order valence-electron chi connectivity index (χ4n) is 3.62. The fraction of sp³-hybridized carbons (Fsp3) is 0.333. The maximum absolute atomic E-state index is 12.8. The van der Waals surface area contributed by atoms with Gasteiger partial charge in [-0.05, 0) is 38.1 Å². The molecule has 5 heteroatoms. The third-order valence-corrected chi connectivity index (χ3v) is 6.10. The van der Waals surface area contributed by atoms with Crippen LogP contribution in [0.25, 0.3) is 15.8 Å². The Morgan fingerprint density at radius 3 is 2.81 bits per heavy atom. The van der Waals surface area contributed by atoms with Crippen molar-refractivity contribution in [1.29, 1.82) is 0 Å². The number of benzene rings is 1. The number of nitrogens with zero attached hydrogens (tertiary/aromatic N) is 2. The zero-order chi connectivity index (χ0) is 18.1. The molecule has 0 amide bonds. The number of esters is 1. The third kappa shape index (κ3) is 2.97. The van der Waals surface area contributed by atoms with E-state index >= 15 is 0 Å². The van der Waals surface area contributed by atoms with Crippen LogP contribution in [0.15, 0.2) is 54.3 Å². The Balaban J connectivity index is 1.60. The molecule has 4 nitrogen and oxygen atoms in total. The van der Waals surface area contributed by atoms with E-state index in [1.807, 2.05) is 42.5 Å². The van der Waals surface area contributed by atoms with Crippen LogP contribution < -0.4 is 0 Å². The molecule has 1 aromatic heterocycles. The number of allylic oxidation sites excluding steroid dienone is 2. The van der Waals surface area contributed by atoms with E-state index in [1.165, 1.54) is 17.0 Å². The number of hydrogen-bond donors (Lipinski definition) is 0. The lowest BCUT2D eigenvalue weighted by atomic mass is 9.86. The van der Waals surface area contributed by atoms with Gasteiger partial charge in [-0.2, -0.15) is 0 Å². The van der Waals surface area contributed by atoms with Gasteiger partial charge >= 0.3 is 5.97 Å². The number of ether oxygens (including phenoxy) is 1. The molecule has 26 heavy (non-hydrogen) atoms. The van der Waals surface area contributed by atoms with Crippen LogP contribution in [0, 0.1) is 0 Å². The highest BCUT2D eigenvalue weighted by Gasteiger charge is 2.39.